The summed E-state index contributed by atoms with van der Waals surface area (Å²) in [7, 11) is 0. The average molecular weight is 413 g/mol. The first kappa shape index (κ1) is 17.5. The molecule has 1 aromatic rings. The first-order valence-corrected chi connectivity index (χ1v) is 11.5. The molecule has 0 aromatic heterocycles. The molecule has 0 unspecified atom stereocenters. The summed E-state index contributed by atoms with van der Waals surface area (Å²) in [5.41, 5.74) is 1.59. The van der Waals surface area contributed by atoms with Gasteiger partial charge in [-0.15, -0.1) is 0 Å². The van der Waals surface area contributed by atoms with Crippen LogP contribution in [0.2, 0.25) is 8.94 Å². The van der Waals surface area contributed by atoms with Crippen LogP contribution in [0.25, 0.3) is 0 Å². The van der Waals surface area contributed by atoms with Crippen LogP contribution in [0, 0.1) is 0 Å². The summed E-state index contributed by atoms with van der Waals surface area (Å²) < 4.78 is 4.60. The van der Waals surface area contributed by atoms with E-state index in [-0.39, 0.29) is 17.0 Å². The van der Waals surface area contributed by atoms with Gasteiger partial charge in [-0.2, -0.15) is 0 Å². The Morgan fingerprint density at radius 2 is 1.41 bits per heavy atom. The Labute approximate surface area is 125 Å². The van der Waals surface area contributed by atoms with Gasteiger partial charge in [-0.3, -0.25) is 0 Å². The molecule has 0 heterocycles. The monoisotopic (exact) mass is 414 g/mol. The van der Waals surface area contributed by atoms with Crippen molar-refractivity contribution in [3.8, 4) is 0 Å². The Bertz CT molecular complexity index is 253. The molecule has 0 aliphatic heterocycles. The molecule has 0 fully saturated rings. The summed E-state index contributed by atoms with van der Waals surface area (Å²) in [6.07, 6.45) is 5.68. The maximum atomic E-state index is 2.32. The second-order valence-electron chi connectivity index (χ2n) is 4.36. The van der Waals surface area contributed by atoms with Crippen LogP contribution in [-0.4, -0.2) is 19.6 Å². The maximum absolute atomic E-state index is 2.32. The largest absolute Gasteiger partial charge is 1.00 e. The van der Waals surface area contributed by atoms with Crippen LogP contribution in [0.15, 0.2) is 30.3 Å². The molecular weight excluding hydrogens is 388 g/mol. The molecule has 2 heteroatoms. The van der Waals surface area contributed by atoms with Crippen LogP contribution in [0.4, 0.5) is 0 Å². The third-order valence-corrected chi connectivity index (χ3v) is 9.85. The van der Waals surface area contributed by atoms with Gasteiger partial charge >= 0.3 is 108 Å². The van der Waals surface area contributed by atoms with Gasteiger partial charge in [0, 0.05) is 0 Å². The van der Waals surface area contributed by atoms with Crippen molar-refractivity contribution >= 4 is 19.6 Å². The minimum Gasteiger partial charge on any atom is -1.00 e. The van der Waals surface area contributed by atoms with E-state index >= 15 is 0 Å². The van der Waals surface area contributed by atoms with Crippen LogP contribution in [-0.2, 0) is 4.47 Å². The summed E-state index contributed by atoms with van der Waals surface area (Å²) in [5, 5.41) is 0. The summed E-state index contributed by atoms with van der Waals surface area (Å²) in [6.45, 7) is 4.64. The molecule has 0 bridgehead atoms. The van der Waals surface area contributed by atoms with Gasteiger partial charge in [0.1, 0.15) is 0 Å². The molecule has 0 amide bonds. The SMILES string of the molecule is CCCC[Te+](CCCC)Cc1ccccc1.[Br-]. The number of benzene rings is 1. The van der Waals surface area contributed by atoms with Crippen molar-refractivity contribution in [3.05, 3.63) is 35.9 Å². The quantitative estimate of drug-likeness (QED) is 0.572. The zero-order chi connectivity index (χ0) is 11.6. The molecule has 0 nitrogen and oxygen atoms in total. The van der Waals surface area contributed by atoms with Gasteiger partial charge in [0.05, 0.1) is 0 Å². The number of hydrogen-bond donors (Lipinski definition) is 0. The Hall–Kier alpha value is 0.490. The molecule has 17 heavy (non-hydrogen) atoms. The van der Waals surface area contributed by atoms with Crippen molar-refractivity contribution in [2.45, 2.75) is 52.9 Å². The molecule has 0 saturated carbocycles. The van der Waals surface area contributed by atoms with Gasteiger partial charge in [-0.05, 0) is 0 Å². The van der Waals surface area contributed by atoms with Gasteiger partial charge in [-0.25, -0.2) is 0 Å². The standard InChI is InChI=1S/C15H25Te.BrH/c1-3-5-12-16(13-6-4-2)14-15-10-8-7-9-11-15;/h7-11H,3-6,12-14H2,1-2H3;1H/q+1;/p-1. The van der Waals surface area contributed by atoms with Gasteiger partial charge in [-0.1, -0.05) is 0 Å². The third-order valence-electron chi connectivity index (χ3n) is 2.79. The molecule has 0 atom stereocenters. The molecule has 0 N–H and O–H groups in total. The summed E-state index contributed by atoms with van der Waals surface area (Å²) in [5.74, 6) is 0. The van der Waals surface area contributed by atoms with E-state index in [2.05, 4.69) is 44.2 Å². The Kier molecular flexibility index (Phi) is 11.9. The number of halogens is 1. The topological polar surface area (TPSA) is 0 Å². The summed E-state index contributed by atoms with van der Waals surface area (Å²) >= 11 is -0.809. The van der Waals surface area contributed by atoms with Crippen molar-refractivity contribution in [3.63, 3.8) is 0 Å². The zero-order valence-electron chi connectivity index (χ0n) is 11.1. The number of unbranched alkanes of at least 4 members (excludes halogenated alkanes) is 2. The van der Waals surface area contributed by atoms with Crippen molar-refractivity contribution < 1.29 is 17.0 Å². The van der Waals surface area contributed by atoms with E-state index in [4.69, 9.17) is 0 Å². The van der Waals surface area contributed by atoms with Gasteiger partial charge in [0.2, 0.25) is 0 Å². The summed E-state index contributed by atoms with van der Waals surface area (Å²) in [4.78, 5) is 0. The number of hydrogen-bond acceptors (Lipinski definition) is 0. The van der Waals surface area contributed by atoms with Gasteiger partial charge in [0.25, 0.3) is 0 Å². The van der Waals surface area contributed by atoms with E-state index in [9.17, 15) is 0 Å². The van der Waals surface area contributed by atoms with E-state index in [1.165, 1.54) is 30.2 Å². The molecule has 0 spiro atoms. The number of rotatable bonds is 8. The predicted molar refractivity (Wildman–Crippen MR) is 75.3 cm³/mol. The van der Waals surface area contributed by atoms with Crippen molar-refractivity contribution in [2.75, 3.05) is 0 Å². The Morgan fingerprint density at radius 1 is 0.882 bits per heavy atom. The minimum absolute atomic E-state index is 0. The fraction of sp³-hybridized carbons (Fsp3) is 0.600. The average Bonchev–Trinajstić information content (AvgIpc) is 2.34. The first-order valence-electron chi connectivity index (χ1n) is 6.54. The van der Waals surface area contributed by atoms with Crippen LogP contribution in [0.5, 0.6) is 0 Å². The van der Waals surface area contributed by atoms with E-state index in [1.54, 1.807) is 14.5 Å². The van der Waals surface area contributed by atoms with Crippen molar-refractivity contribution in [1.29, 1.82) is 0 Å². The fourth-order valence-electron chi connectivity index (χ4n) is 1.75. The minimum atomic E-state index is -0.809. The molecule has 0 aliphatic rings. The molecule has 0 saturated heterocycles. The van der Waals surface area contributed by atoms with Crippen LogP contribution < -0.4 is 17.0 Å². The van der Waals surface area contributed by atoms with Gasteiger partial charge < -0.3 is 17.0 Å². The normalized spacial score (nSPS) is 10.3. The Balaban J connectivity index is 0.00000256. The third kappa shape index (κ3) is 8.25. The Morgan fingerprint density at radius 3 is 1.88 bits per heavy atom. The van der Waals surface area contributed by atoms with E-state index in [1.807, 2.05) is 0 Å². The second kappa shape index (κ2) is 11.6. The zero-order valence-corrected chi connectivity index (χ0v) is 15.0. The summed E-state index contributed by atoms with van der Waals surface area (Å²) in [6, 6.07) is 11.1. The van der Waals surface area contributed by atoms with Crippen molar-refractivity contribution in [1.82, 2.24) is 0 Å². The van der Waals surface area contributed by atoms with Crippen LogP contribution in [0.3, 0.4) is 0 Å². The smallest absolute Gasteiger partial charge is 1.00 e. The van der Waals surface area contributed by atoms with E-state index in [0.717, 1.165) is 0 Å². The second-order valence-corrected chi connectivity index (χ2v) is 11.0. The van der Waals surface area contributed by atoms with Crippen molar-refractivity contribution in [2.24, 2.45) is 0 Å². The van der Waals surface area contributed by atoms with Gasteiger partial charge in [0.15, 0.2) is 0 Å². The predicted octanol–water partition coefficient (Wildman–Crippen LogP) is 1.87. The van der Waals surface area contributed by atoms with E-state index in [0.29, 0.717) is 0 Å². The molecule has 1 rings (SSSR count). The molecule has 0 aliphatic carbocycles. The molecule has 1 aromatic carbocycles. The molecule has 0 radical (unpaired) electrons. The fourth-order valence-corrected chi connectivity index (χ4v) is 9.03. The van der Waals surface area contributed by atoms with Crippen LogP contribution in [0.1, 0.15) is 45.1 Å². The maximum Gasteiger partial charge on any atom is -1.00 e. The van der Waals surface area contributed by atoms with E-state index < -0.39 is 19.6 Å². The molecule has 98 valence electrons. The molecular formula is C15H25BrTe. The first-order chi connectivity index (χ1) is 7.86. The van der Waals surface area contributed by atoms with Crippen LogP contribution >= 0.6 is 0 Å².